The third-order valence-electron chi connectivity index (χ3n) is 1.99. The van der Waals surface area contributed by atoms with Gasteiger partial charge in [0.2, 0.25) is 5.91 Å². The minimum Gasteiger partial charge on any atom is -0.342 e. The lowest BCUT2D eigenvalue weighted by atomic mass is 10.2. The Bertz CT molecular complexity index is 154. The first kappa shape index (κ1) is 8.57. The highest BCUT2D eigenvalue weighted by atomic mass is 16.2. The fourth-order valence-corrected chi connectivity index (χ4v) is 1.59. The van der Waals surface area contributed by atoms with E-state index in [9.17, 15) is 4.79 Å². The first-order valence-corrected chi connectivity index (χ1v) is 4.37. The molecule has 1 saturated heterocycles. The number of carbonyl (C=O) groups excluding carboxylic acids is 1. The summed E-state index contributed by atoms with van der Waals surface area (Å²) in [4.78, 5) is 13.2. The van der Waals surface area contributed by atoms with Crippen LogP contribution in [-0.2, 0) is 4.79 Å². The Hall–Kier alpha value is -0.530. The molecule has 0 bridgehead atoms. The molecular weight excluding hydrogens is 138 g/mol. The predicted molar refractivity (Wildman–Crippen MR) is 45.2 cm³/mol. The quantitative estimate of drug-likeness (QED) is 0.592. The van der Waals surface area contributed by atoms with E-state index in [4.69, 9.17) is 0 Å². The molecule has 2 nitrogen and oxygen atoms in total. The largest absolute Gasteiger partial charge is 0.342 e. The van der Waals surface area contributed by atoms with Crippen LogP contribution < -0.4 is 0 Å². The van der Waals surface area contributed by atoms with Gasteiger partial charge in [-0.2, -0.15) is 0 Å². The molecule has 1 atom stereocenters. The smallest absolute Gasteiger partial charge is 0.222 e. The van der Waals surface area contributed by atoms with Crippen molar-refractivity contribution in [1.82, 2.24) is 4.90 Å². The second-order valence-corrected chi connectivity index (χ2v) is 4.00. The van der Waals surface area contributed by atoms with Gasteiger partial charge in [0.1, 0.15) is 0 Å². The third kappa shape index (κ3) is 2.21. The predicted octanol–water partition coefficient (Wildman–Crippen LogP) is 1.51. The highest BCUT2D eigenvalue weighted by molar-refractivity contribution is 5.78. The molecule has 1 aliphatic rings. The maximum absolute atomic E-state index is 11.2. The number of likely N-dealkylation sites (tertiary alicyclic amines) is 1. The summed E-state index contributed by atoms with van der Waals surface area (Å²) < 4.78 is 0. The zero-order chi connectivity index (χ0) is 8.43. The summed E-state index contributed by atoms with van der Waals surface area (Å²) >= 11 is 0. The Labute approximate surface area is 68.6 Å². The van der Waals surface area contributed by atoms with Crippen molar-refractivity contribution in [2.75, 3.05) is 13.1 Å². The molecule has 11 heavy (non-hydrogen) atoms. The van der Waals surface area contributed by atoms with Gasteiger partial charge in [-0.15, -0.1) is 0 Å². The molecule has 0 aromatic carbocycles. The second kappa shape index (κ2) is 3.24. The lowest BCUT2D eigenvalue weighted by molar-refractivity contribution is -0.128. The van der Waals surface area contributed by atoms with E-state index in [1.54, 1.807) is 0 Å². The molecule has 0 spiro atoms. The Morgan fingerprint density at radius 2 is 2.27 bits per heavy atom. The van der Waals surface area contributed by atoms with Gasteiger partial charge in [-0.1, -0.05) is 20.8 Å². The summed E-state index contributed by atoms with van der Waals surface area (Å²) in [6.45, 7) is 8.34. The maximum atomic E-state index is 11.2. The van der Waals surface area contributed by atoms with E-state index in [1.165, 1.54) is 0 Å². The minimum absolute atomic E-state index is 0.339. The molecular formula is C9H17NO. The number of nitrogens with zero attached hydrogens (tertiary/aromatic N) is 1. The zero-order valence-corrected chi connectivity index (χ0v) is 7.63. The van der Waals surface area contributed by atoms with Gasteiger partial charge in [0.25, 0.3) is 0 Å². The fourth-order valence-electron chi connectivity index (χ4n) is 1.59. The van der Waals surface area contributed by atoms with E-state index in [2.05, 4.69) is 20.8 Å². The van der Waals surface area contributed by atoms with Crippen LogP contribution in [0.2, 0.25) is 0 Å². The Kier molecular flexibility index (Phi) is 2.53. The molecule has 0 aromatic rings. The average Bonchev–Trinajstić information content (AvgIpc) is 2.09. The molecule has 1 fully saturated rings. The molecule has 1 aliphatic heterocycles. The second-order valence-electron chi connectivity index (χ2n) is 4.00. The van der Waals surface area contributed by atoms with Gasteiger partial charge in [-0.3, -0.25) is 4.79 Å². The Morgan fingerprint density at radius 3 is 2.64 bits per heavy atom. The average molecular weight is 155 g/mol. The van der Waals surface area contributed by atoms with E-state index >= 15 is 0 Å². The fraction of sp³-hybridized carbons (Fsp3) is 0.889. The van der Waals surface area contributed by atoms with Gasteiger partial charge < -0.3 is 4.90 Å². The molecule has 0 saturated carbocycles. The van der Waals surface area contributed by atoms with Crippen molar-refractivity contribution < 1.29 is 4.79 Å². The lowest BCUT2D eigenvalue weighted by Gasteiger charge is -2.17. The standard InChI is InChI=1S/C9H17NO/c1-7(2)5-10-6-8(3)4-9(10)11/h7-8H,4-6H2,1-3H3/t8-/m0/s1. The molecule has 1 rings (SSSR count). The number of carbonyl (C=O) groups is 1. The topological polar surface area (TPSA) is 20.3 Å². The Balaban J connectivity index is 2.41. The molecule has 0 aliphatic carbocycles. The van der Waals surface area contributed by atoms with Gasteiger partial charge >= 0.3 is 0 Å². The molecule has 1 amide bonds. The van der Waals surface area contributed by atoms with Crippen LogP contribution >= 0.6 is 0 Å². The number of hydrogen-bond acceptors (Lipinski definition) is 1. The summed E-state index contributed by atoms with van der Waals surface area (Å²) in [5.41, 5.74) is 0. The van der Waals surface area contributed by atoms with Crippen molar-refractivity contribution in [3.05, 3.63) is 0 Å². The van der Waals surface area contributed by atoms with Crippen molar-refractivity contribution in [2.45, 2.75) is 27.2 Å². The van der Waals surface area contributed by atoms with Crippen molar-refractivity contribution >= 4 is 5.91 Å². The molecule has 1 heterocycles. The van der Waals surface area contributed by atoms with E-state index in [1.807, 2.05) is 4.90 Å². The van der Waals surface area contributed by atoms with Crippen LogP contribution in [0.15, 0.2) is 0 Å². The van der Waals surface area contributed by atoms with Crippen LogP contribution in [0.25, 0.3) is 0 Å². The van der Waals surface area contributed by atoms with Crippen molar-refractivity contribution in [2.24, 2.45) is 11.8 Å². The highest BCUT2D eigenvalue weighted by Gasteiger charge is 2.26. The highest BCUT2D eigenvalue weighted by Crippen LogP contribution is 2.17. The summed E-state index contributed by atoms with van der Waals surface area (Å²) in [7, 11) is 0. The van der Waals surface area contributed by atoms with E-state index in [0.29, 0.717) is 17.7 Å². The van der Waals surface area contributed by atoms with Gasteiger partial charge in [-0.25, -0.2) is 0 Å². The maximum Gasteiger partial charge on any atom is 0.222 e. The third-order valence-corrected chi connectivity index (χ3v) is 1.99. The molecule has 0 radical (unpaired) electrons. The summed E-state index contributed by atoms with van der Waals surface area (Å²) in [6, 6.07) is 0. The minimum atomic E-state index is 0.339. The van der Waals surface area contributed by atoms with Gasteiger partial charge in [0, 0.05) is 19.5 Å². The normalized spacial score (nSPS) is 25.3. The summed E-state index contributed by atoms with van der Waals surface area (Å²) in [5, 5.41) is 0. The zero-order valence-electron chi connectivity index (χ0n) is 7.63. The number of hydrogen-bond donors (Lipinski definition) is 0. The first-order valence-electron chi connectivity index (χ1n) is 4.37. The van der Waals surface area contributed by atoms with Crippen molar-refractivity contribution in [3.8, 4) is 0 Å². The SMILES string of the molecule is CC(C)CN1C[C@@H](C)CC1=O. The molecule has 2 heteroatoms. The van der Waals surface area contributed by atoms with E-state index in [0.717, 1.165) is 19.5 Å². The Morgan fingerprint density at radius 1 is 1.64 bits per heavy atom. The van der Waals surface area contributed by atoms with Crippen LogP contribution in [0.3, 0.4) is 0 Å². The van der Waals surface area contributed by atoms with Gasteiger partial charge in [0.15, 0.2) is 0 Å². The van der Waals surface area contributed by atoms with Crippen molar-refractivity contribution in [1.29, 1.82) is 0 Å². The molecule has 64 valence electrons. The number of rotatable bonds is 2. The van der Waals surface area contributed by atoms with Crippen LogP contribution in [0.4, 0.5) is 0 Å². The molecule has 0 unspecified atom stereocenters. The van der Waals surface area contributed by atoms with Crippen LogP contribution in [-0.4, -0.2) is 23.9 Å². The van der Waals surface area contributed by atoms with E-state index < -0.39 is 0 Å². The molecule has 0 aromatic heterocycles. The van der Waals surface area contributed by atoms with Crippen LogP contribution in [0, 0.1) is 11.8 Å². The van der Waals surface area contributed by atoms with Gasteiger partial charge in [-0.05, 0) is 11.8 Å². The summed E-state index contributed by atoms with van der Waals surface area (Å²) in [5.74, 6) is 1.51. The van der Waals surface area contributed by atoms with Crippen LogP contribution in [0.5, 0.6) is 0 Å². The summed E-state index contributed by atoms with van der Waals surface area (Å²) in [6.07, 6.45) is 0.757. The number of amides is 1. The first-order chi connectivity index (χ1) is 5.09. The van der Waals surface area contributed by atoms with Gasteiger partial charge in [0.05, 0.1) is 0 Å². The van der Waals surface area contributed by atoms with Crippen LogP contribution in [0.1, 0.15) is 27.2 Å². The molecule has 0 N–H and O–H groups in total. The van der Waals surface area contributed by atoms with Crippen molar-refractivity contribution in [3.63, 3.8) is 0 Å². The lowest BCUT2D eigenvalue weighted by Crippen LogP contribution is -2.28. The monoisotopic (exact) mass is 155 g/mol. The van der Waals surface area contributed by atoms with E-state index in [-0.39, 0.29) is 0 Å².